The number of carboxylic acids is 1. The average molecular weight is 633 g/mol. The van der Waals surface area contributed by atoms with Crippen molar-refractivity contribution in [3.8, 4) is 28.2 Å². The van der Waals surface area contributed by atoms with Gasteiger partial charge in [0.15, 0.2) is 5.69 Å². The van der Waals surface area contributed by atoms with Gasteiger partial charge in [-0.3, -0.25) is 0 Å². The zero-order valence-electron chi connectivity index (χ0n) is 22.9. The number of aromatic nitrogens is 3. The maximum atomic E-state index is 14.9. The highest BCUT2D eigenvalue weighted by Gasteiger charge is 2.29. The molecule has 3 N–H and O–H groups in total. The molecule has 3 heterocycles. The number of hydrogen-bond acceptors (Lipinski definition) is 7. The van der Waals surface area contributed by atoms with Gasteiger partial charge < -0.3 is 5.11 Å². The molecule has 3 aromatic heterocycles. The summed E-state index contributed by atoms with van der Waals surface area (Å²) in [7, 11) is -4.21. The number of aryl methyl sites for hydroxylation is 1. The van der Waals surface area contributed by atoms with Gasteiger partial charge in [-0.2, -0.15) is 5.10 Å². The van der Waals surface area contributed by atoms with E-state index in [1.165, 1.54) is 33.7 Å². The second kappa shape index (κ2) is 11.5. The van der Waals surface area contributed by atoms with Crippen LogP contribution >= 0.6 is 22.7 Å². The molecule has 218 valence electrons. The fourth-order valence-corrected chi connectivity index (χ4v) is 6.81. The Morgan fingerprint density at radius 2 is 1.91 bits per heavy atom. The topological polar surface area (TPSA) is 128 Å². The third-order valence-electron chi connectivity index (χ3n) is 7.06. The Morgan fingerprint density at radius 1 is 1.12 bits per heavy atom. The Morgan fingerprint density at radius 3 is 2.56 bits per heavy atom. The predicted molar refractivity (Wildman–Crippen MR) is 164 cm³/mol. The van der Waals surface area contributed by atoms with Gasteiger partial charge in [0.25, 0.3) is 0 Å². The zero-order valence-corrected chi connectivity index (χ0v) is 25.3. The highest BCUT2D eigenvalue weighted by Crippen LogP contribution is 2.38. The van der Waals surface area contributed by atoms with E-state index in [1.54, 1.807) is 22.1 Å². The molecule has 1 saturated carbocycles. The van der Waals surface area contributed by atoms with Crippen molar-refractivity contribution in [1.82, 2.24) is 14.8 Å². The van der Waals surface area contributed by atoms with Crippen LogP contribution in [0.25, 0.3) is 16.4 Å². The van der Waals surface area contributed by atoms with Crippen molar-refractivity contribution in [3.05, 3.63) is 104 Å². The van der Waals surface area contributed by atoms with E-state index in [0.717, 1.165) is 40.8 Å². The highest BCUT2D eigenvalue weighted by atomic mass is 32.2. The number of hydrogen-bond donors (Lipinski definition) is 2. The monoisotopic (exact) mass is 632 g/mol. The van der Waals surface area contributed by atoms with Crippen LogP contribution in [0.3, 0.4) is 0 Å². The molecule has 8 nitrogen and oxygen atoms in total. The van der Waals surface area contributed by atoms with Gasteiger partial charge in [-0.15, -0.1) is 22.7 Å². The summed E-state index contributed by atoms with van der Waals surface area (Å²) in [6, 6.07) is 13.6. The normalized spacial score (nSPS) is 13.1. The van der Waals surface area contributed by atoms with Crippen LogP contribution < -0.4 is 5.14 Å². The van der Waals surface area contributed by atoms with E-state index in [2.05, 4.69) is 16.8 Å². The van der Waals surface area contributed by atoms with E-state index in [9.17, 15) is 22.7 Å². The van der Waals surface area contributed by atoms with E-state index < -0.39 is 26.7 Å². The minimum Gasteiger partial charge on any atom is -0.476 e. The number of halogens is 1. The van der Waals surface area contributed by atoms with Crippen molar-refractivity contribution in [1.29, 1.82) is 0 Å². The summed E-state index contributed by atoms with van der Waals surface area (Å²) in [5, 5.41) is 23.5. The third kappa shape index (κ3) is 6.45. The van der Waals surface area contributed by atoms with Crippen LogP contribution in [-0.4, -0.2) is 34.3 Å². The second-order valence-corrected chi connectivity index (χ2v) is 13.9. The summed E-state index contributed by atoms with van der Waals surface area (Å²) in [6.07, 6.45) is 3.05. The lowest BCUT2D eigenvalue weighted by molar-refractivity contribution is 0.0691. The number of nitrogens with zero attached hydrogens (tertiary/aromatic N) is 3. The van der Waals surface area contributed by atoms with Gasteiger partial charge in [-0.05, 0) is 68.0 Å². The first kappa shape index (κ1) is 28.9. The number of rotatable bonds is 8. The summed E-state index contributed by atoms with van der Waals surface area (Å²) in [4.78, 5) is 16.5. The fraction of sp³-hybridized carbons (Fsp3) is 0.194. The molecule has 5 aromatic rings. The number of carbonyl (C=O) groups is 1. The lowest BCUT2D eigenvalue weighted by Crippen LogP contribution is -2.14. The van der Waals surface area contributed by atoms with Crippen LogP contribution in [0.2, 0.25) is 0 Å². The lowest BCUT2D eigenvalue weighted by atomic mass is 9.96. The van der Waals surface area contributed by atoms with Gasteiger partial charge in [-0.1, -0.05) is 30.0 Å². The largest absolute Gasteiger partial charge is 0.476 e. The quantitative estimate of drug-likeness (QED) is 0.208. The minimum atomic E-state index is -4.21. The molecular formula is C31H25FN4O4S3. The van der Waals surface area contributed by atoms with Crippen molar-refractivity contribution in [2.24, 2.45) is 11.1 Å². The number of sulfonamides is 1. The Kier molecular flexibility index (Phi) is 7.74. The van der Waals surface area contributed by atoms with Gasteiger partial charge in [0.05, 0.1) is 11.4 Å². The van der Waals surface area contributed by atoms with E-state index >= 15 is 0 Å². The molecule has 43 heavy (non-hydrogen) atoms. The van der Waals surface area contributed by atoms with Gasteiger partial charge in [0, 0.05) is 44.3 Å². The van der Waals surface area contributed by atoms with Gasteiger partial charge in [-0.25, -0.2) is 32.4 Å². The molecule has 1 aliphatic carbocycles. The highest BCUT2D eigenvalue weighted by molar-refractivity contribution is 7.89. The summed E-state index contributed by atoms with van der Waals surface area (Å²) in [5.74, 6) is 4.80. The molecule has 0 atom stereocenters. The van der Waals surface area contributed by atoms with Crippen LogP contribution in [0.1, 0.15) is 56.2 Å². The molecule has 0 unspecified atom stereocenters. The Balaban J connectivity index is 1.49. The number of carboxylic acid groups (broad SMARTS) is 1. The minimum absolute atomic E-state index is 0.0717. The van der Waals surface area contributed by atoms with Crippen molar-refractivity contribution >= 4 is 38.7 Å². The van der Waals surface area contributed by atoms with Crippen LogP contribution in [0.4, 0.5) is 4.39 Å². The number of thiophene rings is 1. The summed E-state index contributed by atoms with van der Waals surface area (Å²) >= 11 is 2.82. The van der Waals surface area contributed by atoms with Gasteiger partial charge in [0.1, 0.15) is 10.7 Å². The average Bonchev–Trinajstić information content (AvgIpc) is 3.30. The first-order valence-electron chi connectivity index (χ1n) is 13.3. The molecule has 0 spiro atoms. The standard InChI is InChI=1S/C31H25FN4O4S3/c1-18-11-22(16-41-18)8-7-19-3-2-4-23(12-19)29-24(13-21-9-10-28(25(32)14-21)43(33,39)40)27(15-20-5-6-20)36(35-29)31-34-26(17-42-31)30(37)38/h2-4,9-12,14,16-17,20H,5-6,13,15H2,1H3,(H,37,38)(H2,33,39,40). The van der Waals surface area contributed by atoms with E-state index in [-0.39, 0.29) is 12.1 Å². The first-order valence-corrected chi connectivity index (χ1v) is 16.6. The number of primary sulfonamides is 1. The van der Waals surface area contributed by atoms with E-state index in [0.29, 0.717) is 28.7 Å². The Hall–Kier alpha value is -4.15. The molecule has 12 heteroatoms. The predicted octanol–water partition coefficient (Wildman–Crippen LogP) is 5.79. The maximum absolute atomic E-state index is 14.9. The molecule has 0 radical (unpaired) electrons. The smallest absolute Gasteiger partial charge is 0.355 e. The van der Waals surface area contributed by atoms with Crippen LogP contribution in [0.5, 0.6) is 0 Å². The van der Waals surface area contributed by atoms with Crippen LogP contribution in [0, 0.1) is 30.5 Å². The van der Waals surface area contributed by atoms with Crippen molar-refractivity contribution in [3.63, 3.8) is 0 Å². The van der Waals surface area contributed by atoms with Gasteiger partial charge in [0.2, 0.25) is 15.2 Å². The molecule has 1 aliphatic rings. The summed E-state index contributed by atoms with van der Waals surface area (Å²) in [6.45, 7) is 2.03. The number of nitrogens with two attached hydrogens (primary N) is 1. The number of benzene rings is 2. The molecule has 0 aliphatic heterocycles. The number of aromatic carboxylic acids is 1. The first-order chi connectivity index (χ1) is 20.5. The van der Waals surface area contributed by atoms with Gasteiger partial charge >= 0.3 is 5.97 Å². The van der Waals surface area contributed by atoms with Crippen LogP contribution in [-0.2, 0) is 22.9 Å². The number of thiazole rings is 1. The molecule has 1 fully saturated rings. The molecule has 2 aromatic carbocycles. The molecule has 0 saturated heterocycles. The molecular weight excluding hydrogens is 608 g/mol. The molecule has 0 amide bonds. The fourth-order valence-electron chi connectivity index (χ4n) is 4.81. The molecule has 0 bridgehead atoms. The Bertz CT molecular complexity index is 2050. The second-order valence-electron chi connectivity index (χ2n) is 10.4. The summed E-state index contributed by atoms with van der Waals surface area (Å²) in [5.41, 5.74) is 5.29. The van der Waals surface area contributed by atoms with Crippen molar-refractivity contribution in [2.45, 2.75) is 37.5 Å². The van der Waals surface area contributed by atoms with Crippen molar-refractivity contribution in [2.75, 3.05) is 0 Å². The third-order valence-corrected chi connectivity index (χ3v) is 9.68. The van der Waals surface area contributed by atoms with E-state index in [1.807, 2.05) is 42.6 Å². The zero-order chi connectivity index (χ0) is 30.3. The SMILES string of the molecule is Cc1cc(C#Cc2cccc(-c3nn(-c4nc(C(=O)O)cs4)c(CC4CC4)c3Cc3ccc(S(N)(=O)=O)c(F)c3)c2)cs1. The van der Waals surface area contributed by atoms with E-state index in [4.69, 9.17) is 10.2 Å². The maximum Gasteiger partial charge on any atom is 0.355 e. The van der Waals surface area contributed by atoms with Crippen LogP contribution in [0.15, 0.2) is 64.2 Å². The summed E-state index contributed by atoms with van der Waals surface area (Å²) < 4.78 is 40.2. The molecule has 6 rings (SSSR count). The lowest BCUT2D eigenvalue weighted by Gasteiger charge is -2.10. The Labute approximate surface area is 255 Å². The van der Waals surface area contributed by atoms with Crippen molar-refractivity contribution < 1.29 is 22.7 Å².